The van der Waals surface area contributed by atoms with Gasteiger partial charge in [-0.05, 0) is 35.6 Å². The van der Waals surface area contributed by atoms with E-state index in [9.17, 15) is 4.79 Å². The van der Waals surface area contributed by atoms with Gasteiger partial charge in [0.1, 0.15) is 6.04 Å². The van der Waals surface area contributed by atoms with Crippen molar-refractivity contribution in [1.29, 1.82) is 0 Å². The van der Waals surface area contributed by atoms with Crippen LogP contribution in [0.2, 0.25) is 0 Å². The summed E-state index contributed by atoms with van der Waals surface area (Å²) < 4.78 is 1.88. The van der Waals surface area contributed by atoms with Crippen molar-refractivity contribution in [3.63, 3.8) is 0 Å². The van der Waals surface area contributed by atoms with Crippen LogP contribution in [0.4, 0.5) is 5.95 Å². The van der Waals surface area contributed by atoms with E-state index in [1.807, 2.05) is 10.9 Å². The number of fused-ring (bicyclic) bond motifs is 1. The molecule has 0 radical (unpaired) electrons. The van der Waals surface area contributed by atoms with Crippen molar-refractivity contribution in [3.05, 3.63) is 46.7 Å². The lowest BCUT2D eigenvalue weighted by Gasteiger charge is -2.34. The molecule has 0 fully saturated rings. The van der Waals surface area contributed by atoms with Crippen molar-refractivity contribution in [3.8, 4) is 0 Å². The Labute approximate surface area is 158 Å². The number of hydrogen-bond donors (Lipinski definition) is 1. The lowest BCUT2D eigenvalue weighted by molar-refractivity contribution is -0.117. The molecule has 6 heteroatoms. The summed E-state index contributed by atoms with van der Waals surface area (Å²) in [5.41, 5.74) is 4.25. The summed E-state index contributed by atoms with van der Waals surface area (Å²) in [7, 11) is 0. The first kappa shape index (κ1) is 17.3. The Morgan fingerprint density at radius 2 is 1.96 bits per heavy atom. The Morgan fingerprint density at radius 1 is 1.23 bits per heavy atom. The van der Waals surface area contributed by atoms with E-state index in [1.54, 1.807) is 0 Å². The lowest BCUT2D eigenvalue weighted by Crippen LogP contribution is -2.33. The predicted molar refractivity (Wildman–Crippen MR) is 105 cm³/mol. The molecule has 0 unspecified atom stereocenters. The standard InChI is InChI=1S/C20H24N4OS/c1-11(2)13-5-7-14(8-6-13)18-17-15(9-12(3)10-16(17)25)21-19-22-20(26-4)23-24(18)19/h5-8,11-12,18H,9-10H2,1-4H3,(H,21,22,23)/t12-,18-/m0/s1. The van der Waals surface area contributed by atoms with Gasteiger partial charge < -0.3 is 5.32 Å². The van der Waals surface area contributed by atoms with Crippen molar-refractivity contribution in [2.24, 2.45) is 5.92 Å². The van der Waals surface area contributed by atoms with Gasteiger partial charge in [0.25, 0.3) is 0 Å². The topological polar surface area (TPSA) is 59.8 Å². The van der Waals surface area contributed by atoms with E-state index < -0.39 is 0 Å². The maximum atomic E-state index is 12.9. The molecule has 2 atom stereocenters. The molecule has 0 saturated heterocycles. The van der Waals surface area contributed by atoms with Gasteiger partial charge >= 0.3 is 0 Å². The van der Waals surface area contributed by atoms with Gasteiger partial charge in [-0.2, -0.15) is 4.98 Å². The molecule has 1 aliphatic heterocycles. The molecule has 0 bridgehead atoms. The van der Waals surface area contributed by atoms with Crippen LogP contribution >= 0.6 is 11.8 Å². The van der Waals surface area contributed by atoms with Crippen molar-refractivity contribution in [2.45, 2.75) is 50.7 Å². The number of allylic oxidation sites excluding steroid dienone is 2. The highest BCUT2D eigenvalue weighted by Crippen LogP contribution is 2.41. The average Bonchev–Trinajstić information content (AvgIpc) is 3.02. The Hall–Kier alpha value is -2.08. The molecule has 0 amide bonds. The highest BCUT2D eigenvalue weighted by Gasteiger charge is 2.38. The van der Waals surface area contributed by atoms with Crippen molar-refractivity contribution in [1.82, 2.24) is 14.8 Å². The fraction of sp³-hybridized carbons (Fsp3) is 0.450. The maximum absolute atomic E-state index is 12.9. The minimum Gasteiger partial charge on any atom is -0.328 e. The van der Waals surface area contributed by atoms with Gasteiger partial charge in [0.15, 0.2) is 5.78 Å². The third kappa shape index (κ3) is 2.86. The normalized spacial score (nSPS) is 22.3. The summed E-state index contributed by atoms with van der Waals surface area (Å²) in [6.45, 7) is 6.50. The van der Waals surface area contributed by atoms with Gasteiger partial charge in [-0.15, -0.1) is 5.10 Å². The summed E-state index contributed by atoms with van der Waals surface area (Å²) >= 11 is 1.51. The fourth-order valence-corrected chi connectivity index (χ4v) is 4.19. The first-order chi connectivity index (χ1) is 12.5. The number of aromatic nitrogens is 3. The number of nitrogens with one attached hydrogen (secondary N) is 1. The first-order valence-electron chi connectivity index (χ1n) is 9.11. The minimum absolute atomic E-state index is 0.198. The Bertz CT molecular complexity index is 882. The molecule has 2 aromatic rings. The van der Waals surface area contributed by atoms with Crippen LogP contribution in [0.1, 0.15) is 56.7 Å². The molecule has 26 heavy (non-hydrogen) atoms. The maximum Gasteiger partial charge on any atom is 0.227 e. The molecule has 1 aromatic heterocycles. The molecule has 1 N–H and O–H groups in total. The van der Waals surface area contributed by atoms with E-state index in [1.165, 1.54) is 17.3 Å². The quantitative estimate of drug-likeness (QED) is 0.814. The predicted octanol–water partition coefficient (Wildman–Crippen LogP) is 4.39. The number of anilines is 1. The van der Waals surface area contributed by atoms with E-state index in [2.05, 4.69) is 60.4 Å². The number of Topliss-reactive ketones (excluding diaryl/α,β-unsaturated/α-hetero) is 1. The molecule has 2 heterocycles. The summed E-state index contributed by atoms with van der Waals surface area (Å²) in [5.74, 6) is 1.78. The van der Waals surface area contributed by atoms with Crippen LogP contribution < -0.4 is 5.32 Å². The van der Waals surface area contributed by atoms with Gasteiger partial charge in [0.05, 0.1) is 0 Å². The number of carbonyl (C=O) groups excluding carboxylic acids is 1. The fourth-order valence-electron chi connectivity index (χ4n) is 3.84. The molecular weight excluding hydrogens is 344 g/mol. The molecule has 136 valence electrons. The number of thioether (sulfide) groups is 1. The third-order valence-electron chi connectivity index (χ3n) is 5.21. The van der Waals surface area contributed by atoms with E-state index in [4.69, 9.17) is 0 Å². The van der Waals surface area contributed by atoms with Gasteiger partial charge in [0, 0.05) is 17.7 Å². The van der Waals surface area contributed by atoms with Crippen molar-refractivity contribution < 1.29 is 4.79 Å². The van der Waals surface area contributed by atoms with Gasteiger partial charge in [-0.3, -0.25) is 4.79 Å². The van der Waals surface area contributed by atoms with E-state index >= 15 is 0 Å². The van der Waals surface area contributed by atoms with Crippen molar-refractivity contribution in [2.75, 3.05) is 11.6 Å². The Balaban J connectivity index is 1.85. The highest BCUT2D eigenvalue weighted by atomic mass is 32.2. The molecule has 5 nitrogen and oxygen atoms in total. The van der Waals surface area contributed by atoms with Gasteiger partial charge in [-0.1, -0.05) is 56.8 Å². The van der Waals surface area contributed by atoms with Gasteiger partial charge in [0.2, 0.25) is 11.1 Å². The number of ketones is 1. The second-order valence-electron chi connectivity index (χ2n) is 7.54. The Morgan fingerprint density at radius 3 is 2.62 bits per heavy atom. The van der Waals surface area contributed by atoms with Gasteiger partial charge in [-0.25, -0.2) is 4.68 Å². The second kappa shape index (κ2) is 6.58. The summed E-state index contributed by atoms with van der Waals surface area (Å²) in [6, 6.07) is 8.38. The summed E-state index contributed by atoms with van der Waals surface area (Å²) in [4.78, 5) is 17.5. The van der Waals surface area contributed by atoms with Crippen LogP contribution in [0.15, 0.2) is 40.7 Å². The Kier molecular flexibility index (Phi) is 4.39. The number of carbonyl (C=O) groups is 1. The minimum atomic E-state index is -0.198. The zero-order valence-corrected chi connectivity index (χ0v) is 16.4. The van der Waals surface area contributed by atoms with E-state index in [0.29, 0.717) is 18.3 Å². The van der Waals surface area contributed by atoms with Crippen LogP contribution in [-0.4, -0.2) is 26.8 Å². The van der Waals surface area contributed by atoms with Crippen LogP contribution in [0.5, 0.6) is 0 Å². The molecule has 4 rings (SSSR count). The third-order valence-corrected chi connectivity index (χ3v) is 5.74. The molecule has 1 aromatic carbocycles. The zero-order chi connectivity index (χ0) is 18.4. The molecule has 1 aliphatic carbocycles. The molecular formula is C20H24N4OS. The SMILES string of the molecule is CSc1nc2n(n1)[C@@H](c1ccc(C(C)C)cc1)C1=C(C[C@H](C)CC1=O)N2. The van der Waals surface area contributed by atoms with E-state index in [-0.39, 0.29) is 11.8 Å². The lowest BCUT2D eigenvalue weighted by atomic mass is 9.81. The average molecular weight is 369 g/mol. The number of rotatable bonds is 3. The van der Waals surface area contributed by atoms with Crippen molar-refractivity contribution >= 4 is 23.5 Å². The summed E-state index contributed by atoms with van der Waals surface area (Å²) in [6.07, 6.45) is 3.44. The largest absolute Gasteiger partial charge is 0.328 e. The highest BCUT2D eigenvalue weighted by molar-refractivity contribution is 7.98. The smallest absolute Gasteiger partial charge is 0.227 e. The van der Waals surface area contributed by atoms with E-state index in [0.717, 1.165) is 34.4 Å². The van der Waals surface area contributed by atoms with Crippen LogP contribution in [-0.2, 0) is 4.79 Å². The zero-order valence-electron chi connectivity index (χ0n) is 15.6. The van der Waals surface area contributed by atoms with Crippen LogP contribution in [0, 0.1) is 5.92 Å². The van der Waals surface area contributed by atoms with Crippen LogP contribution in [0.25, 0.3) is 0 Å². The monoisotopic (exact) mass is 368 g/mol. The molecule has 0 saturated carbocycles. The molecule has 2 aliphatic rings. The molecule has 0 spiro atoms. The first-order valence-corrected chi connectivity index (χ1v) is 10.3. The number of hydrogen-bond acceptors (Lipinski definition) is 5. The number of benzene rings is 1. The summed E-state index contributed by atoms with van der Waals surface area (Å²) in [5, 5.41) is 8.75. The number of nitrogens with zero attached hydrogens (tertiary/aromatic N) is 3. The second-order valence-corrected chi connectivity index (χ2v) is 8.32. The van der Waals surface area contributed by atoms with Crippen LogP contribution in [0.3, 0.4) is 0 Å².